The second kappa shape index (κ2) is 6.77. The summed E-state index contributed by atoms with van der Waals surface area (Å²) < 4.78 is 30.4. The van der Waals surface area contributed by atoms with Crippen LogP contribution in [0, 0.1) is 0 Å². The quantitative estimate of drug-likeness (QED) is 0.786. The van der Waals surface area contributed by atoms with Crippen LogP contribution in [0.4, 0.5) is 0 Å². The Morgan fingerprint density at radius 3 is 2.75 bits per heavy atom. The second-order valence-electron chi connectivity index (χ2n) is 4.79. The Hall–Kier alpha value is -0.110. The van der Waals surface area contributed by atoms with Gasteiger partial charge in [-0.05, 0) is 41.4 Å². The van der Waals surface area contributed by atoms with E-state index in [0.29, 0.717) is 19.6 Å². The van der Waals surface area contributed by atoms with E-state index < -0.39 is 9.84 Å². The molecule has 1 aromatic rings. The molecule has 0 spiro atoms. The van der Waals surface area contributed by atoms with Gasteiger partial charge < -0.3 is 10.1 Å². The smallest absolute Gasteiger partial charge is 0.151 e. The maximum atomic E-state index is 11.5. The molecule has 0 aromatic heterocycles. The fraction of sp³-hybridized carbons (Fsp3) is 0.538. The van der Waals surface area contributed by atoms with E-state index in [4.69, 9.17) is 4.74 Å². The first-order chi connectivity index (χ1) is 9.41. The maximum Gasteiger partial charge on any atom is 0.151 e. The first-order valence-corrected chi connectivity index (χ1v) is 9.86. The van der Waals surface area contributed by atoms with Gasteiger partial charge in [-0.15, -0.1) is 0 Å². The fourth-order valence-electron chi connectivity index (χ4n) is 2.26. The molecule has 20 heavy (non-hydrogen) atoms. The van der Waals surface area contributed by atoms with Crippen molar-refractivity contribution in [1.82, 2.24) is 5.32 Å². The van der Waals surface area contributed by atoms with Gasteiger partial charge in [0.1, 0.15) is 5.75 Å². The van der Waals surface area contributed by atoms with Gasteiger partial charge in [-0.3, -0.25) is 0 Å². The van der Waals surface area contributed by atoms with Crippen LogP contribution in [-0.2, 0) is 16.4 Å². The molecule has 1 aliphatic heterocycles. The third kappa shape index (κ3) is 4.19. The Bertz CT molecular complexity index is 590. The van der Waals surface area contributed by atoms with Crippen molar-refractivity contribution >= 4 is 41.7 Å². The van der Waals surface area contributed by atoms with Crippen LogP contribution in [0.5, 0.6) is 5.75 Å². The van der Waals surface area contributed by atoms with Crippen LogP contribution in [-0.4, -0.2) is 32.6 Å². The molecule has 4 nitrogen and oxygen atoms in total. The summed E-state index contributed by atoms with van der Waals surface area (Å²) in [5, 5.41) is 3.31. The van der Waals surface area contributed by atoms with Crippen molar-refractivity contribution in [2.75, 3.05) is 18.1 Å². The van der Waals surface area contributed by atoms with Crippen molar-refractivity contribution in [3.8, 4) is 5.75 Å². The predicted octanol–water partition coefficient (Wildman–Crippen LogP) is 2.89. The molecule has 0 amide bonds. The summed E-state index contributed by atoms with van der Waals surface area (Å²) in [5.41, 5.74) is 1.01. The van der Waals surface area contributed by atoms with Crippen molar-refractivity contribution in [3.05, 3.63) is 26.6 Å². The molecular weight excluding hydrogens is 410 g/mol. The van der Waals surface area contributed by atoms with Gasteiger partial charge >= 0.3 is 0 Å². The lowest BCUT2D eigenvalue weighted by Gasteiger charge is -2.16. The number of ether oxygens (including phenoxy) is 1. The molecule has 0 aliphatic carbocycles. The molecule has 1 unspecified atom stereocenters. The summed E-state index contributed by atoms with van der Waals surface area (Å²) >= 11 is 6.95. The summed E-state index contributed by atoms with van der Waals surface area (Å²) in [5.74, 6) is 1.32. The lowest BCUT2D eigenvalue weighted by molar-refractivity contribution is 0.332. The van der Waals surface area contributed by atoms with Gasteiger partial charge in [0.15, 0.2) is 9.84 Å². The molecule has 2 rings (SSSR count). The normalized spacial score (nSPS) is 21.1. The monoisotopic (exact) mass is 425 g/mol. The van der Waals surface area contributed by atoms with Crippen LogP contribution in [0.3, 0.4) is 0 Å². The van der Waals surface area contributed by atoms with Gasteiger partial charge in [-0.25, -0.2) is 8.42 Å². The minimum atomic E-state index is -2.85. The van der Waals surface area contributed by atoms with Crippen molar-refractivity contribution < 1.29 is 13.2 Å². The highest BCUT2D eigenvalue weighted by molar-refractivity contribution is 9.11. The summed E-state index contributed by atoms with van der Waals surface area (Å²) in [6.07, 6.45) is 0.682. The first-order valence-electron chi connectivity index (χ1n) is 6.46. The predicted molar refractivity (Wildman–Crippen MR) is 86.9 cm³/mol. The Morgan fingerprint density at radius 1 is 1.40 bits per heavy atom. The van der Waals surface area contributed by atoms with Crippen LogP contribution in [0.2, 0.25) is 0 Å². The SMILES string of the molecule is CCOc1c(Br)cc(Br)cc1CNC1CCS(=O)(=O)C1. The number of hydrogen-bond donors (Lipinski definition) is 1. The van der Waals surface area contributed by atoms with Gasteiger partial charge in [-0.2, -0.15) is 0 Å². The highest BCUT2D eigenvalue weighted by Gasteiger charge is 2.27. The zero-order chi connectivity index (χ0) is 14.8. The summed E-state index contributed by atoms with van der Waals surface area (Å²) in [7, 11) is -2.85. The Kier molecular flexibility index (Phi) is 5.50. The van der Waals surface area contributed by atoms with Crippen LogP contribution < -0.4 is 10.1 Å². The van der Waals surface area contributed by atoms with Crippen LogP contribution in [0.15, 0.2) is 21.1 Å². The minimum absolute atomic E-state index is 0.0345. The lowest BCUT2D eigenvalue weighted by atomic mass is 10.1. The van der Waals surface area contributed by atoms with E-state index in [1.807, 2.05) is 19.1 Å². The number of hydrogen-bond acceptors (Lipinski definition) is 4. The van der Waals surface area contributed by atoms with E-state index in [0.717, 1.165) is 20.3 Å². The van der Waals surface area contributed by atoms with Gasteiger partial charge in [0.2, 0.25) is 0 Å². The zero-order valence-electron chi connectivity index (χ0n) is 11.2. The molecule has 7 heteroatoms. The van der Waals surface area contributed by atoms with Crippen LogP contribution in [0.1, 0.15) is 18.9 Å². The molecule has 112 valence electrons. The average molecular weight is 427 g/mol. The molecular formula is C13H17Br2NO3S. The molecule has 0 bridgehead atoms. The zero-order valence-corrected chi connectivity index (χ0v) is 15.1. The third-order valence-electron chi connectivity index (χ3n) is 3.19. The maximum absolute atomic E-state index is 11.5. The van der Waals surface area contributed by atoms with Gasteiger partial charge in [0.25, 0.3) is 0 Å². The van der Waals surface area contributed by atoms with Crippen LogP contribution in [0.25, 0.3) is 0 Å². The molecule has 1 atom stereocenters. The molecule has 1 fully saturated rings. The van der Waals surface area contributed by atoms with E-state index >= 15 is 0 Å². The number of sulfone groups is 1. The second-order valence-corrected chi connectivity index (χ2v) is 8.79. The fourth-order valence-corrected chi connectivity index (χ4v) is 5.40. The Balaban J connectivity index is 2.09. The summed E-state index contributed by atoms with van der Waals surface area (Å²) in [6.45, 7) is 3.12. The Labute approximate surface area is 136 Å². The van der Waals surface area contributed by atoms with Crippen molar-refractivity contribution in [2.24, 2.45) is 0 Å². The summed E-state index contributed by atoms with van der Waals surface area (Å²) in [6, 6.07) is 3.97. The van der Waals surface area contributed by atoms with Crippen LogP contribution >= 0.6 is 31.9 Å². The number of rotatable bonds is 5. The molecule has 0 radical (unpaired) electrons. The standard InChI is InChI=1S/C13H17Br2NO3S/c1-2-19-13-9(5-10(14)6-12(13)15)7-16-11-3-4-20(17,18)8-11/h5-6,11,16H,2-4,7-8H2,1H3. The number of nitrogens with one attached hydrogen (secondary N) is 1. The van der Waals surface area contributed by atoms with E-state index in [-0.39, 0.29) is 17.5 Å². The van der Waals surface area contributed by atoms with Gasteiger partial charge in [-0.1, -0.05) is 15.9 Å². The first kappa shape index (κ1) is 16.3. The molecule has 0 saturated carbocycles. The van der Waals surface area contributed by atoms with Crippen molar-refractivity contribution in [3.63, 3.8) is 0 Å². The van der Waals surface area contributed by atoms with E-state index in [9.17, 15) is 8.42 Å². The number of benzene rings is 1. The van der Waals surface area contributed by atoms with E-state index in [1.165, 1.54) is 0 Å². The van der Waals surface area contributed by atoms with Gasteiger partial charge in [0, 0.05) is 22.6 Å². The third-order valence-corrected chi connectivity index (χ3v) is 6.00. The molecule has 1 aromatic carbocycles. The molecule has 1 heterocycles. The highest BCUT2D eigenvalue weighted by atomic mass is 79.9. The molecule has 1 N–H and O–H groups in total. The molecule has 1 aliphatic rings. The Morgan fingerprint density at radius 2 is 2.15 bits per heavy atom. The number of halogens is 2. The lowest BCUT2D eigenvalue weighted by Crippen LogP contribution is -2.29. The average Bonchev–Trinajstić information content (AvgIpc) is 2.70. The highest BCUT2D eigenvalue weighted by Crippen LogP contribution is 2.33. The molecule has 1 saturated heterocycles. The van der Waals surface area contributed by atoms with Crippen molar-refractivity contribution in [1.29, 1.82) is 0 Å². The van der Waals surface area contributed by atoms with Gasteiger partial charge in [0.05, 0.1) is 22.6 Å². The minimum Gasteiger partial charge on any atom is -0.492 e. The van der Waals surface area contributed by atoms with Crippen molar-refractivity contribution in [2.45, 2.75) is 25.9 Å². The van der Waals surface area contributed by atoms with E-state index in [1.54, 1.807) is 0 Å². The summed E-state index contributed by atoms with van der Waals surface area (Å²) in [4.78, 5) is 0. The largest absolute Gasteiger partial charge is 0.492 e. The van der Waals surface area contributed by atoms with E-state index in [2.05, 4.69) is 37.2 Å². The topological polar surface area (TPSA) is 55.4 Å².